The first kappa shape index (κ1) is 13.3. The lowest BCUT2D eigenvalue weighted by Gasteiger charge is -1.98. The quantitative estimate of drug-likeness (QED) is 0.741. The molecule has 6 nitrogen and oxygen atoms in total. The molecular weight excluding hydrogens is 288 g/mol. The van der Waals surface area contributed by atoms with Crippen LogP contribution in [0, 0.1) is 11.3 Å². The molecule has 0 bridgehead atoms. The van der Waals surface area contributed by atoms with E-state index in [1.54, 1.807) is 30.3 Å². The highest BCUT2D eigenvalue weighted by Gasteiger charge is 2.14. The summed E-state index contributed by atoms with van der Waals surface area (Å²) < 4.78 is 17.8. The molecule has 21 heavy (non-hydrogen) atoms. The van der Waals surface area contributed by atoms with Gasteiger partial charge in [0.1, 0.15) is 28.1 Å². The molecule has 0 saturated heterocycles. The first-order valence-corrected chi connectivity index (χ1v) is 7.37. The SMILES string of the molecule is N#Cc1cc(CS(=O)c2nc3ccc(N)cc3o2)ccn1. The Kier molecular flexibility index (Phi) is 3.38. The lowest BCUT2D eigenvalue weighted by atomic mass is 10.2. The number of nitrogen functional groups attached to an aromatic ring is 1. The minimum Gasteiger partial charge on any atom is -0.430 e. The summed E-state index contributed by atoms with van der Waals surface area (Å²) in [7, 11) is -1.44. The summed E-state index contributed by atoms with van der Waals surface area (Å²) in [5, 5.41) is 8.95. The maximum atomic E-state index is 12.3. The second kappa shape index (κ2) is 5.34. The zero-order valence-corrected chi connectivity index (χ0v) is 11.6. The molecule has 0 fully saturated rings. The Balaban J connectivity index is 1.88. The van der Waals surface area contributed by atoms with Crippen LogP contribution in [-0.2, 0) is 16.6 Å². The molecule has 104 valence electrons. The van der Waals surface area contributed by atoms with Crippen molar-refractivity contribution in [3.8, 4) is 6.07 Å². The maximum Gasteiger partial charge on any atom is 0.288 e. The fraction of sp³-hybridized carbons (Fsp3) is 0.0714. The summed E-state index contributed by atoms with van der Waals surface area (Å²) >= 11 is 0. The van der Waals surface area contributed by atoms with Gasteiger partial charge in [-0.15, -0.1) is 0 Å². The van der Waals surface area contributed by atoms with Gasteiger partial charge in [0, 0.05) is 18.0 Å². The van der Waals surface area contributed by atoms with Gasteiger partial charge in [0.25, 0.3) is 5.22 Å². The molecule has 2 aromatic heterocycles. The molecule has 1 atom stereocenters. The molecule has 2 heterocycles. The van der Waals surface area contributed by atoms with Crippen LogP contribution >= 0.6 is 0 Å². The molecule has 1 unspecified atom stereocenters. The molecule has 0 aliphatic heterocycles. The van der Waals surface area contributed by atoms with E-state index in [2.05, 4.69) is 9.97 Å². The van der Waals surface area contributed by atoms with E-state index in [4.69, 9.17) is 15.4 Å². The van der Waals surface area contributed by atoms with Gasteiger partial charge in [-0.3, -0.25) is 0 Å². The molecule has 3 aromatic rings. The lowest BCUT2D eigenvalue weighted by molar-refractivity contribution is 0.477. The molecule has 0 saturated carbocycles. The largest absolute Gasteiger partial charge is 0.430 e. The van der Waals surface area contributed by atoms with Gasteiger partial charge in [-0.25, -0.2) is 14.2 Å². The number of aromatic nitrogens is 2. The van der Waals surface area contributed by atoms with Gasteiger partial charge in [-0.05, 0) is 29.8 Å². The number of nitrogens with zero attached hydrogens (tertiary/aromatic N) is 3. The van der Waals surface area contributed by atoms with Crippen LogP contribution in [0.25, 0.3) is 11.1 Å². The van der Waals surface area contributed by atoms with Crippen molar-refractivity contribution >= 4 is 27.6 Å². The maximum absolute atomic E-state index is 12.3. The lowest BCUT2D eigenvalue weighted by Crippen LogP contribution is -1.97. The fourth-order valence-electron chi connectivity index (χ4n) is 1.86. The normalized spacial score (nSPS) is 12.1. The van der Waals surface area contributed by atoms with Gasteiger partial charge in [-0.1, -0.05) is 0 Å². The standard InChI is InChI=1S/C14H10N4O2S/c15-7-11-5-9(3-4-17-11)8-21(19)14-18-12-2-1-10(16)6-13(12)20-14/h1-6H,8,16H2. The average molecular weight is 298 g/mol. The number of pyridine rings is 1. The Morgan fingerprint density at radius 3 is 3.00 bits per heavy atom. The van der Waals surface area contributed by atoms with Crippen LogP contribution in [0.4, 0.5) is 5.69 Å². The van der Waals surface area contributed by atoms with Crippen molar-refractivity contribution in [2.24, 2.45) is 0 Å². The smallest absolute Gasteiger partial charge is 0.288 e. The molecule has 7 heteroatoms. The second-order valence-electron chi connectivity index (χ2n) is 4.36. The van der Waals surface area contributed by atoms with Crippen molar-refractivity contribution in [1.29, 1.82) is 5.26 Å². The van der Waals surface area contributed by atoms with E-state index in [-0.39, 0.29) is 16.7 Å². The van der Waals surface area contributed by atoms with Gasteiger partial charge in [-0.2, -0.15) is 5.26 Å². The summed E-state index contributed by atoms with van der Waals surface area (Å²) in [6.45, 7) is 0. The van der Waals surface area contributed by atoms with E-state index in [0.29, 0.717) is 16.8 Å². The van der Waals surface area contributed by atoms with E-state index in [0.717, 1.165) is 5.56 Å². The zero-order valence-electron chi connectivity index (χ0n) is 10.8. The number of anilines is 1. The number of nitrogens with two attached hydrogens (primary N) is 1. The van der Waals surface area contributed by atoms with Crippen molar-refractivity contribution in [1.82, 2.24) is 9.97 Å². The number of fused-ring (bicyclic) bond motifs is 1. The minimum atomic E-state index is -1.44. The highest BCUT2D eigenvalue weighted by Crippen LogP contribution is 2.21. The number of benzene rings is 1. The summed E-state index contributed by atoms with van der Waals surface area (Å²) in [6.07, 6.45) is 1.51. The monoisotopic (exact) mass is 298 g/mol. The molecule has 0 radical (unpaired) electrons. The van der Waals surface area contributed by atoms with Crippen LogP contribution in [0.3, 0.4) is 0 Å². The Morgan fingerprint density at radius 2 is 2.19 bits per heavy atom. The summed E-state index contributed by atoms with van der Waals surface area (Å²) in [5.41, 5.74) is 8.36. The van der Waals surface area contributed by atoms with Gasteiger partial charge < -0.3 is 10.2 Å². The Labute approximate surface area is 122 Å². The van der Waals surface area contributed by atoms with Crippen molar-refractivity contribution in [2.75, 3.05) is 5.73 Å². The summed E-state index contributed by atoms with van der Waals surface area (Å²) in [4.78, 5) is 8.06. The zero-order chi connectivity index (χ0) is 14.8. The van der Waals surface area contributed by atoms with Gasteiger partial charge >= 0.3 is 0 Å². The first-order valence-electron chi connectivity index (χ1n) is 6.05. The third kappa shape index (κ3) is 2.75. The fourth-order valence-corrected chi connectivity index (χ4v) is 2.84. The predicted octanol–water partition coefficient (Wildman–Crippen LogP) is 1.98. The third-order valence-corrected chi connectivity index (χ3v) is 3.98. The molecule has 2 N–H and O–H groups in total. The van der Waals surface area contributed by atoms with E-state index < -0.39 is 10.8 Å². The average Bonchev–Trinajstić information content (AvgIpc) is 2.90. The predicted molar refractivity (Wildman–Crippen MR) is 77.5 cm³/mol. The van der Waals surface area contributed by atoms with Crippen molar-refractivity contribution in [3.63, 3.8) is 0 Å². The molecule has 0 spiro atoms. The first-order chi connectivity index (χ1) is 10.2. The van der Waals surface area contributed by atoms with Crippen molar-refractivity contribution in [3.05, 3.63) is 47.8 Å². The molecule has 0 aliphatic carbocycles. The highest BCUT2D eigenvalue weighted by atomic mass is 32.2. The number of nitriles is 1. The van der Waals surface area contributed by atoms with Crippen LogP contribution < -0.4 is 5.73 Å². The molecule has 1 aromatic carbocycles. The van der Waals surface area contributed by atoms with Crippen LogP contribution in [0.15, 0.2) is 46.2 Å². The second-order valence-corrected chi connectivity index (χ2v) is 5.69. The topological polar surface area (TPSA) is 106 Å². The van der Waals surface area contributed by atoms with Crippen LogP contribution in [-0.4, -0.2) is 14.2 Å². The van der Waals surface area contributed by atoms with Crippen LogP contribution in [0.1, 0.15) is 11.3 Å². The molecule has 0 aliphatic rings. The molecule has 3 rings (SSSR count). The van der Waals surface area contributed by atoms with Gasteiger partial charge in [0.15, 0.2) is 5.58 Å². The van der Waals surface area contributed by atoms with Gasteiger partial charge in [0.05, 0.1) is 5.75 Å². The van der Waals surface area contributed by atoms with E-state index in [1.165, 1.54) is 6.20 Å². The van der Waals surface area contributed by atoms with E-state index >= 15 is 0 Å². The van der Waals surface area contributed by atoms with Crippen molar-refractivity contribution in [2.45, 2.75) is 11.0 Å². The van der Waals surface area contributed by atoms with E-state index in [9.17, 15) is 4.21 Å². The van der Waals surface area contributed by atoms with E-state index in [1.807, 2.05) is 6.07 Å². The summed E-state index contributed by atoms with van der Waals surface area (Å²) in [6, 6.07) is 10.3. The Hall–Kier alpha value is -2.72. The number of rotatable bonds is 3. The highest BCUT2D eigenvalue weighted by molar-refractivity contribution is 7.84. The molecule has 0 amide bonds. The Bertz CT molecular complexity index is 882. The minimum absolute atomic E-state index is 0.144. The third-order valence-electron chi connectivity index (χ3n) is 2.82. The van der Waals surface area contributed by atoms with Crippen LogP contribution in [0.5, 0.6) is 0 Å². The number of hydrogen-bond acceptors (Lipinski definition) is 6. The molecular formula is C14H10N4O2S. The number of oxazole rings is 1. The van der Waals surface area contributed by atoms with Crippen LogP contribution in [0.2, 0.25) is 0 Å². The van der Waals surface area contributed by atoms with Gasteiger partial charge in [0.2, 0.25) is 0 Å². The number of hydrogen-bond donors (Lipinski definition) is 1. The Morgan fingerprint density at radius 1 is 1.33 bits per heavy atom. The van der Waals surface area contributed by atoms with Crippen molar-refractivity contribution < 1.29 is 8.63 Å². The summed E-state index contributed by atoms with van der Waals surface area (Å²) in [5.74, 6) is 0.208.